The molecule has 0 aromatic rings. The molecule has 6 fully saturated rings. The fraction of sp³-hybridized carbons (Fsp3) is 0.974. The van der Waals surface area contributed by atoms with Crippen molar-refractivity contribution in [2.24, 2.45) is 0 Å². The highest BCUT2D eigenvalue weighted by atomic mass is 16.8. The Kier molecular flexibility index (Phi) is 19.8. The summed E-state index contributed by atoms with van der Waals surface area (Å²) >= 11 is 0. The fourth-order valence-electron chi connectivity index (χ4n) is 8.83. The summed E-state index contributed by atoms with van der Waals surface area (Å²) in [6.45, 7) is -2.68. The average molecular weight is 1020 g/mol. The van der Waals surface area contributed by atoms with Gasteiger partial charge >= 0.3 is 0 Å². The predicted octanol–water partition coefficient (Wildman–Crippen LogP) is -12.9. The Bertz CT molecular complexity index is 1610. The molecule has 19 N–H and O–H groups in total. The molecule has 1 amide bonds. The molecule has 0 saturated carbocycles. The van der Waals surface area contributed by atoms with Crippen LogP contribution in [0.2, 0.25) is 0 Å². The Balaban J connectivity index is 1.35. The van der Waals surface area contributed by atoms with Crippen LogP contribution in [0.25, 0.3) is 0 Å². The third-order valence-corrected chi connectivity index (χ3v) is 12.8. The lowest BCUT2D eigenvalue weighted by Crippen LogP contribution is -2.71. The van der Waals surface area contributed by atoms with Crippen molar-refractivity contribution >= 4 is 5.91 Å². The van der Waals surface area contributed by atoms with Crippen LogP contribution >= 0.6 is 0 Å². The van der Waals surface area contributed by atoms with Crippen molar-refractivity contribution in [3.63, 3.8) is 0 Å². The molecular weight excluding hydrogens is 950 g/mol. The minimum absolute atomic E-state index is 0.893. The molecule has 6 aliphatic heterocycles. The van der Waals surface area contributed by atoms with E-state index in [4.69, 9.17) is 52.1 Å². The van der Waals surface area contributed by atoms with Gasteiger partial charge in [0.15, 0.2) is 37.7 Å². The van der Waals surface area contributed by atoms with E-state index in [0.717, 1.165) is 6.92 Å². The van der Waals surface area contributed by atoms with Crippen molar-refractivity contribution in [3.8, 4) is 0 Å². The third-order valence-electron chi connectivity index (χ3n) is 12.8. The quantitative estimate of drug-likeness (QED) is 0.0682. The van der Waals surface area contributed by atoms with Crippen molar-refractivity contribution in [3.05, 3.63) is 0 Å². The van der Waals surface area contributed by atoms with E-state index < -0.39 is 223 Å². The maximum absolute atomic E-state index is 12.9. The molecule has 0 spiro atoms. The maximum Gasteiger partial charge on any atom is 0.217 e. The lowest BCUT2D eigenvalue weighted by atomic mass is 9.94. The summed E-state index contributed by atoms with van der Waals surface area (Å²) < 4.78 is 63.3. The standard InChI is InChI=1S/C38H65NO30/c1-8-16(46)21(51)25(55)35(59-8)69-32-31(68-36-26(56)22(52)17(47)10(3-40)62-36)20(50)13(6-43)64-38(32)66-29-15(39-9(2)45)34(61-11(4-41)18(29)48)67-30-19(49)12(5-42)63-37(27(30)57)65-28-14(7-44)60-33(58)24(54)23(28)53/h8,10-38,40-44,46-58H,3-7H2,1-2H3,(H,39,45)/t8-,10+,11+,12+,13+,14+,15+,16+,17-,18-,19-,20-,21+,22-,23+,24+,25-,26+,27+,28+,29+,30-,31-,32+,33?,34-,35-,36+,37-,38-/m0/s1. The highest BCUT2D eigenvalue weighted by molar-refractivity contribution is 5.73. The van der Waals surface area contributed by atoms with Gasteiger partial charge in [-0.05, 0) is 6.92 Å². The van der Waals surface area contributed by atoms with Gasteiger partial charge in [0, 0.05) is 6.92 Å². The lowest BCUT2D eigenvalue weighted by molar-refractivity contribution is -0.404. The largest absolute Gasteiger partial charge is 0.394 e. The topological polar surface area (TPSA) is 495 Å². The van der Waals surface area contributed by atoms with Gasteiger partial charge in [0.05, 0.1) is 39.1 Å². The van der Waals surface area contributed by atoms with E-state index in [9.17, 15) is 96.7 Å². The van der Waals surface area contributed by atoms with Crippen LogP contribution in [0.3, 0.4) is 0 Å². The zero-order chi connectivity index (χ0) is 50.9. The van der Waals surface area contributed by atoms with Crippen LogP contribution in [0, 0.1) is 0 Å². The summed E-state index contributed by atoms with van der Waals surface area (Å²) in [5.74, 6) is -0.893. The van der Waals surface area contributed by atoms with Crippen LogP contribution in [0.5, 0.6) is 0 Å². The Morgan fingerprint density at radius 3 is 1.33 bits per heavy atom. The zero-order valence-electron chi connectivity index (χ0n) is 36.8. The summed E-state index contributed by atoms with van der Waals surface area (Å²) in [5, 5.41) is 194. The maximum atomic E-state index is 12.9. The van der Waals surface area contributed by atoms with Crippen molar-refractivity contribution in [2.45, 2.75) is 198 Å². The summed E-state index contributed by atoms with van der Waals surface area (Å²) in [6, 6.07) is -1.85. The van der Waals surface area contributed by atoms with Gasteiger partial charge in [-0.25, -0.2) is 0 Å². The predicted molar refractivity (Wildman–Crippen MR) is 209 cm³/mol. The molecule has 6 heterocycles. The first-order valence-electron chi connectivity index (χ1n) is 22.0. The Morgan fingerprint density at radius 2 is 0.783 bits per heavy atom. The van der Waals surface area contributed by atoms with Gasteiger partial charge in [-0.15, -0.1) is 0 Å². The molecule has 6 saturated heterocycles. The molecule has 30 atom stereocenters. The van der Waals surface area contributed by atoms with Crippen molar-refractivity contribution in [1.82, 2.24) is 5.32 Å². The monoisotopic (exact) mass is 1020 g/mol. The van der Waals surface area contributed by atoms with Gasteiger partial charge in [0.1, 0.15) is 140 Å². The van der Waals surface area contributed by atoms with E-state index in [-0.39, 0.29) is 0 Å². The zero-order valence-corrected chi connectivity index (χ0v) is 36.8. The molecule has 6 aliphatic rings. The van der Waals surface area contributed by atoms with Crippen molar-refractivity contribution < 1.29 is 149 Å². The minimum Gasteiger partial charge on any atom is -0.394 e. The normalized spacial score (nSPS) is 52.1. The van der Waals surface area contributed by atoms with Gasteiger partial charge < -0.3 is 149 Å². The highest BCUT2D eigenvalue weighted by Gasteiger charge is 2.59. The summed E-state index contributed by atoms with van der Waals surface area (Å²) in [5.41, 5.74) is 0. The second kappa shape index (κ2) is 24.1. The Labute approximate surface area is 390 Å². The number of nitrogens with one attached hydrogen (secondary N) is 1. The molecule has 0 bridgehead atoms. The second-order valence-electron chi connectivity index (χ2n) is 17.5. The lowest BCUT2D eigenvalue weighted by Gasteiger charge is -2.51. The molecule has 0 radical (unpaired) electrons. The van der Waals surface area contributed by atoms with Crippen LogP contribution in [0.4, 0.5) is 0 Å². The molecule has 31 nitrogen and oxygen atoms in total. The first kappa shape index (κ1) is 56.6. The van der Waals surface area contributed by atoms with Crippen LogP contribution in [-0.4, -0.2) is 315 Å². The number of aliphatic hydroxyl groups excluding tert-OH is 18. The minimum atomic E-state index is -2.18. The molecule has 0 aromatic heterocycles. The van der Waals surface area contributed by atoms with E-state index in [1.54, 1.807) is 0 Å². The molecule has 6 rings (SSSR count). The molecule has 402 valence electrons. The van der Waals surface area contributed by atoms with Gasteiger partial charge in [0.2, 0.25) is 5.91 Å². The molecule has 0 aromatic carbocycles. The van der Waals surface area contributed by atoms with E-state index in [1.807, 2.05) is 0 Å². The van der Waals surface area contributed by atoms with E-state index in [2.05, 4.69) is 5.32 Å². The first-order chi connectivity index (χ1) is 32.6. The van der Waals surface area contributed by atoms with Crippen LogP contribution < -0.4 is 5.32 Å². The van der Waals surface area contributed by atoms with Gasteiger partial charge in [-0.3, -0.25) is 4.79 Å². The smallest absolute Gasteiger partial charge is 0.217 e. The number of amides is 1. The number of carbonyl (C=O) groups excluding carboxylic acids is 1. The number of carbonyl (C=O) groups is 1. The van der Waals surface area contributed by atoms with E-state index in [1.165, 1.54) is 6.92 Å². The number of rotatable bonds is 16. The average Bonchev–Trinajstić information content (AvgIpc) is 3.32. The van der Waals surface area contributed by atoms with Crippen LogP contribution in [0.1, 0.15) is 13.8 Å². The highest BCUT2D eigenvalue weighted by Crippen LogP contribution is 2.38. The number of hydrogen-bond acceptors (Lipinski definition) is 30. The van der Waals surface area contributed by atoms with Crippen LogP contribution in [0.15, 0.2) is 0 Å². The third kappa shape index (κ3) is 11.8. The summed E-state index contributed by atoms with van der Waals surface area (Å²) in [4.78, 5) is 12.9. The first-order valence-corrected chi connectivity index (χ1v) is 22.0. The molecule has 69 heavy (non-hydrogen) atoms. The Hall–Kier alpha value is -1.69. The van der Waals surface area contributed by atoms with Gasteiger partial charge in [-0.2, -0.15) is 0 Å². The molecule has 0 aliphatic carbocycles. The number of hydrogen-bond donors (Lipinski definition) is 19. The van der Waals surface area contributed by atoms with Crippen molar-refractivity contribution in [2.75, 3.05) is 33.0 Å². The van der Waals surface area contributed by atoms with Crippen LogP contribution in [-0.2, 0) is 56.9 Å². The van der Waals surface area contributed by atoms with E-state index >= 15 is 0 Å². The van der Waals surface area contributed by atoms with Crippen molar-refractivity contribution in [1.29, 1.82) is 0 Å². The van der Waals surface area contributed by atoms with E-state index in [0.29, 0.717) is 0 Å². The number of aliphatic hydroxyl groups is 18. The molecule has 31 heteroatoms. The fourth-order valence-corrected chi connectivity index (χ4v) is 8.83. The molecule has 1 unspecified atom stereocenters. The van der Waals surface area contributed by atoms with Gasteiger partial charge in [-0.1, -0.05) is 0 Å². The van der Waals surface area contributed by atoms with Gasteiger partial charge in [0.25, 0.3) is 0 Å². The second-order valence-corrected chi connectivity index (χ2v) is 17.5. The summed E-state index contributed by atoms with van der Waals surface area (Å²) in [6.07, 6.45) is -55.6. The Morgan fingerprint density at radius 1 is 0.377 bits per heavy atom. The SMILES string of the molecule is CC(=O)N[C@H]1[C@H](O[C@H]2[C@@H](O)[C@@H](CO)O[C@@H](O[C@H]3[C@H](O)[C@@H](O)C(O)O[C@@H]3CO)[C@@H]2O)O[C@H](CO)[C@H](O)[C@@H]1O[C@@H]1O[C@H](CO)[C@H](O)[C@H](O[C@H]2O[C@H](CO)[C@H](O)[C@H](O)[C@H]2O)[C@H]1O[C@@H]1O[C@@H](C)[C@@H](O)[C@@H](O)[C@@H]1O. The summed E-state index contributed by atoms with van der Waals surface area (Å²) in [7, 11) is 0. The molecular formula is C38H65NO30. The number of ether oxygens (including phenoxy) is 11.